The predicted octanol–water partition coefficient (Wildman–Crippen LogP) is 1.87. The molecule has 1 atom stereocenters. The summed E-state index contributed by atoms with van der Waals surface area (Å²) >= 11 is 0. The molecule has 4 N–H and O–H groups in total. The molecule has 0 fully saturated rings. The number of benzene rings is 1. The van der Waals surface area contributed by atoms with E-state index >= 15 is 0 Å². The van der Waals surface area contributed by atoms with Gasteiger partial charge < -0.3 is 15.9 Å². The molecule has 0 radical (unpaired) electrons. The van der Waals surface area contributed by atoms with Crippen LogP contribution in [-0.2, 0) is 0 Å². The van der Waals surface area contributed by atoms with Crippen molar-refractivity contribution in [2.75, 3.05) is 6.54 Å². The van der Waals surface area contributed by atoms with Gasteiger partial charge >= 0.3 is 0 Å². The first kappa shape index (κ1) is 11.1. The summed E-state index contributed by atoms with van der Waals surface area (Å²) < 4.78 is 5.47. The van der Waals surface area contributed by atoms with E-state index in [-0.39, 0.29) is 6.04 Å². The molecule has 1 unspecified atom stereocenters. The lowest BCUT2D eigenvalue weighted by atomic mass is 10.0. The van der Waals surface area contributed by atoms with Gasteiger partial charge in [0, 0.05) is 13.0 Å². The molecule has 0 bridgehead atoms. The first-order chi connectivity index (χ1) is 7.70. The first-order valence-corrected chi connectivity index (χ1v) is 5.53. The van der Waals surface area contributed by atoms with Gasteiger partial charge in [0.1, 0.15) is 5.52 Å². The Morgan fingerprint density at radius 1 is 1.44 bits per heavy atom. The summed E-state index contributed by atoms with van der Waals surface area (Å²) in [5.74, 6) is 0.683. The Morgan fingerprint density at radius 2 is 2.25 bits per heavy atom. The molecule has 86 valence electrons. The van der Waals surface area contributed by atoms with Crippen molar-refractivity contribution in [2.45, 2.75) is 25.8 Å². The van der Waals surface area contributed by atoms with E-state index in [4.69, 9.17) is 15.9 Å². The monoisotopic (exact) mass is 219 g/mol. The zero-order valence-electron chi connectivity index (χ0n) is 9.44. The molecule has 16 heavy (non-hydrogen) atoms. The quantitative estimate of drug-likeness (QED) is 0.822. The van der Waals surface area contributed by atoms with Gasteiger partial charge in [0.15, 0.2) is 11.5 Å². The summed E-state index contributed by atoms with van der Waals surface area (Å²) in [4.78, 5) is 4.25. The van der Waals surface area contributed by atoms with E-state index in [0.29, 0.717) is 12.4 Å². The van der Waals surface area contributed by atoms with Crippen molar-refractivity contribution in [1.29, 1.82) is 0 Å². The van der Waals surface area contributed by atoms with Crippen molar-refractivity contribution in [3.63, 3.8) is 0 Å². The maximum absolute atomic E-state index is 6.06. The molecule has 4 heteroatoms. The molecule has 4 nitrogen and oxygen atoms in total. The van der Waals surface area contributed by atoms with Crippen LogP contribution in [0.3, 0.4) is 0 Å². The lowest BCUT2D eigenvalue weighted by molar-refractivity contribution is 0.559. The summed E-state index contributed by atoms with van der Waals surface area (Å²) in [6.45, 7) is 2.52. The topological polar surface area (TPSA) is 78.1 Å². The highest BCUT2D eigenvalue weighted by Gasteiger charge is 2.08. The summed E-state index contributed by atoms with van der Waals surface area (Å²) in [6.07, 6.45) is 1.84. The van der Waals surface area contributed by atoms with Crippen molar-refractivity contribution >= 4 is 11.1 Å². The number of nitrogens with two attached hydrogens (primary N) is 2. The molecule has 2 rings (SSSR count). The van der Waals surface area contributed by atoms with Gasteiger partial charge in [0.2, 0.25) is 0 Å². The number of oxazole rings is 1. The van der Waals surface area contributed by atoms with Crippen LogP contribution in [0, 0.1) is 6.92 Å². The van der Waals surface area contributed by atoms with Crippen LogP contribution in [0.2, 0.25) is 0 Å². The lowest BCUT2D eigenvalue weighted by Gasteiger charge is -2.10. The van der Waals surface area contributed by atoms with Crippen LogP contribution in [0.5, 0.6) is 0 Å². The predicted molar refractivity (Wildman–Crippen MR) is 64.0 cm³/mol. The standard InChI is InChI=1S/C12H17N3O/c1-8-15-11-5-4-9(7-12(11)16-8)10(14)3-2-6-13/h4-5,7,10H,2-3,6,13-14H2,1H3. The van der Waals surface area contributed by atoms with Crippen LogP contribution in [0.1, 0.15) is 30.3 Å². The van der Waals surface area contributed by atoms with Crippen molar-refractivity contribution in [3.05, 3.63) is 29.7 Å². The summed E-state index contributed by atoms with van der Waals surface area (Å²) in [7, 11) is 0. The van der Waals surface area contributed by atoms with Gasteiger partial charge in [-0.3, -0.25) is 0 Å². The fourth-order valence-electron chi connectivity index (χ4n) is 1.79. The third kappa shape index (κ3) is 2.23. The van der Waals surface area contributed by atoms with Gasteiger partial charge in [-0.15, -0.1) is 0 Å². The third-order valence-electron chi connectivity index (χ3n) is 2.67. The van der Waals surface area contributed by atoms with E-state index in [1.807, 2.05) is 25.1 Å². The maximum atomic E-state index is 6.06. The highest BCUT2D eigenvalue weighted by molar-refractivity contribution is 5.73. The minimum atomic E-state index is 0.0263. The minimum absolute atomic E-state index is 0.0263. The van der Waals surface area contributed by atoms with Gasteiger partial charge in [-0.25, -0.2) is 4.98 Å². The number of aromatic nitrogens is 1. The number of hydrogen-bond donors (Lipinski definition) is 2. The Labute approximate surface area is 94.6 Å². The summed E-state index contributed by atoms with van der Waals surface area (Å²) in [6, 6.07) is 5.95. The number of fused-ring (bicyclic) bond motifs is 1. The van der Waals surface area contributed by atoms with E-state index in [1.165, 1.54) is 0 Å². The molecule has 0 aliphatic heterocycles. The molecule has 0 spiro atoms. The average molecular weight is 219 g/mol. The highest BCUT2D eigenvalue weighted by Crippen LogP contribution is 2.22. The third-order valence-corrected chi connectivity index (χ3v) is 2.67. The molecule has 2 aromatic rings. The van der Waals surface area contributed by atoms with Gasteiger partial charge in [-0.05, 0) is 37.1 Å². The SMILES string of the molecule is Cc1nc2ccc(C(N)CCCN)cc2o1. The zero-order valence-corrected chi connectivity index (χ0v) is 9.44. The second kappa shape index (κ2) is 4.63. The average Bonchev–Trinajstić information content (AvgIpc) is 2.64. The van der Waals surface area contributed by atoms with E-state index in [1.54, 1.807) is 0 Å². The largest absolute Gasteiger partial charge is 0.441 e. The van der Waals surface area contributed by atoms with Gasteiger partial charge in [0.05, 0.1) is 0 Å². The lowest BCUT2D eigenvalue weighted by Crippen LogP contribution is -2.12. The van der Waals surface area contributed by atoms with Crippen LogP contribution in [-0.4, -0.2) is 11.5 Å². The molecule has 0 amide bonds. The van der Waals surface area contributed by atoms with Crippen molar-refractivity contribution in [2.24, 2.45) is 11.5 Å². The molecular formula is C12H17N3O. The number of hydrogen-bond acceptors (Lipinski definition) is 4. The highest BCUT2D eigenvalue weighted by atomic mass is 16.3. The molecule has 1 aromatic carbocycles. The molecular weight excluding hydrogens is 202 g/mol. The maximum Gasteiger partial charge on any atom is 0.192 e. The van der Waals surface area contributed by atoms with Crippen LogP contribution >= 0.6 is 0 Å². The van der Waals surface area contributed by atoms with Crippen LogP contribution in [0.4, 0.5) is 0 Å². The van der Waals surface area contributed by atoms with E-state index in [0.717, 1.165) is 29.5 Å². The van der Waals surface area contributed by atoms with E-state index in [2.05, 4.69) is 4.98 Å². The smallest absolute Gasteiger partial charge is 0.192 e. The van der Waals surface area contributed by atoms with Crippen molar-refractivity contribution in [3.8, 4) is 0 Å². The van der Waals surface area contributed by atoms with Crippen LogP contribution in [0.15, 0.2) is 22.6 Å². The molecule has 0 aliphatic carbocycles. The molecule has 0 aliphatic rings. The molecule has 0 saturated heterocycles. The fourth-order valence-corrected chi connectivity index (χ4v) is 1.79. The van der Waals surface area contributed by atoms with Crippen molar-refractivity contribution in [1.82, 2.24) is 4.98 Å². The van der Waals surface area contributed by atoms with Gasteiger partial charge in [0.25, 0.3) is 0 Å². The summed E-state index contributed by atoms with van der Waals surface area (Å²) in [5.41, 5.74) is 14.3. The molecule has 0 saturated carbocycles. The van der Waals surface area contributed by atoms with Gasteiger partial charge in [-0.1, -0.05) is 6.07 Å². The number of aryl methyl sites for hydroxylation is 1. The van der Waals surface area contributed by atoms with Crippen LogP contribution < -0.4 is 11.5 Å². The minimum Gasteiger partial charge on any atom is -0.441 e. The Bertz CT molecular complexity index is 478. The van der Waals surface area contributed by atoms with Crippen LogP contribution in [0.25, 0.3) is 11.1 Å². The molecule has 1 heterocycles. The Hall–Kier alpha value is -1.39. The first-order valence-electron chi connectivity index (χ1n) is 5.53. The Kier molecular flexibility index (Phi) is 3.22. The number of nitrogens with zero attached hydrogens (tertiary/aromatic N) is 1. The Morgan fingerprint density at radius 3 is 3.00 bits per heavy atom. The normalized spacial score (nSPS) is 13.2. The zero-order chi connectivity index (χ0) is 11.5. The second-order valence-corrected chi connectivity index (χ2v) is 4.00. The summed E-state index contributed by atoms with van der Waals surface area (Å²) in [5, 5.41) is 0. The fraction of sp³-hybridized carbons (Fsp3) is 0.417. The molecule has 1 aromatic heterocycles. The van der Waals surface area contributed by atoms with Gasteiger partial charge in [-0.2, -0.15) is 0 Å². The second-order valence-electron chi connectivity index (χ2n) is 4.00. The number of rotatable bonds is 4. The van der Waals surface area contributed by atoms with E-state index in [9.17, 15) is 0 Å². The Balaban J connectivity index is 2.24. The van der Waals surface area contributed by atoms with E-state index < -0.39 is 0 Å². The van der Waals surface area contributed by atoms with Crippen molar-refractivity contribution < 1.29 is 4.42 Å².